The zero-order valence-electron chi connectivity index (χ0n) is 12.4. The summed E-state index contributed by atoms with van der Waals surface area (Å²) in [4.78, 5) is 5.45. The summed E-state index contributed by atoms with van der Waals surface area (Å²) in [5.41, 5.74) is 0.857. The first-order valence-corrected chi connectivity index (χ1v) is 9.12. The van der Waals surface area contributed by atoms with Crippen LogP contribution < -0.4 is 10.0 Å². The van der Waals surface area contributed by atoms with E-state index in [-0.39, 0.29) is 4.90 Å². The molecular weight excluding hydrogens is 306 g/mol. The van der Waals surface area contributed by atoms with E-state index in [1.54, 1.807) is 17.4 Å². The van der Waals surface area contributed by atoms with Crippen LogP contribution in [0.5, 0.6) is 0 Å². The van der Waals surface area contributed by atoms with Gasteiger partial charge in [0.2, 0.25) is 10.0 Å². The fourth-order valence-electron chi connectivity index (χ4n) is 1.82. The molecule has 5 nitrogen and oxygen atoms in total. The summed E-state index contributed by atoms with van der Waals surface area (Å²) in [6.07, 6.45) is 1.53. The molecule has 0 amide bonds. The van der Waals surface area contributed by atoms with E-state index in [0.29, 0.717) is 19.1 Å². The number of hydrogen-bond donors (Lipinski definition) is 3. The second-order valence-corrected chi connectivity index (χ2v) is 8.37. The number of rotatable bonds is 7. The van der Waals surface area contributed by atoms with Crippen LogP contribution in [0.25, 0.3) is 0 Å². The number of aromatic nitrogens is 1. The van der Waals surface area contributed by atoms with Crippen LogP contribution in [0.3, 0.4) is 0 Å². The Labute approximate surface area is 129 Å². The van der Waals surface area contributed by atoms with Crippen LogP contribution in [0.15, 0.2) is 29.3 Å². The van der Waals surface area contributed by atoms with Crippen molar-refractivity contribution in [1.29, 1.82) is 0 Å². The maximum absolute atomic E-state index is 12.2. The highest BCUT2D eigenvalue weighted by atomic mass is 32.2. The highest BCUT2D eigenvalue weighted by Crippen LogP contribution is 2.16. The minimum atomic E-state index is -3.47. The molecule has 2 aromatic heterocycles. The molecule has 0 spiro atoms. The molecule has 0 aromatic carbocycles. The summed E-state index contributed by atoms with van der Waals surface area (Å²) in [5, 5.41) is 3.24. The Morgan fingerprint density at radius 2 is 2.05 bits per heavy atom. The molecule has 0 aliphatic rings. The summed E-state index contributed by atoms with van der Waals surface area (Å²) in [7, 11) is -3.47. The molecule has 3 N–H and O–H groups in total. The maximum atomic E-state index is 12.2. The molecule has 2 aromatic rings. The van der Waals surface area contributed by atoms with Gasteiger partial charge in [0.05, 0.1) is 4.90 Å². The monoisotopic (exact) mass is 327 g/mol. The molecule has 0 aliphatic heterocycles. The number of nitrogens with one attached hydrogen (secondary N) is 3. The van der Waals surface area contributed by atoms with Crippen LogP contribution in [0, 0.1) is 6.92 Å². The van der Waals surface area contributed by atoms with E-state index < -0.39 is 10.0 Å². The molecule has 0 saturated heterocycles. The van der Waals surface area contributed by atoms with Crippen molar-refractivity contribution >= 4 is 21.4 Å². The van der Waals surface area contributed by atoms with Crippen molar-refractivity contribution in [3.8, 4) is 0 Å². The van der Waals surface area contributed by atoms with Crippen LogP contribution in [0.2, 0.25) is 0 Å². The van der Waals surface area contributed by atoms with Gasteiger partial charge in [-0.2, -0.15) is 0 Å². The lowest BCUT2D eigenvalue weighted by Gasteiger charge is -2.05. The summed E-state index contributed by atoms with van der Waals surface area (Å²) in [6.45, 7) is 7.04. The van der Waals surface area contributed by atoms with Gasteiger partial charge in [-0.25, -0.2) is 13.1 Å². The Hall–Kier alpha value is -1.15. The molecule has 0 bridgehead atoms. The average Bonchev–Trinajstić information content (AvgIpc) is 3.03. The molecule has 21 heavy (non-hydrogen) atoms. The van der Waals surface area contributed by atoms with Crippen molar-refractivity contribution in [3.05, 3.63) is 39.8 Å². The molecule has 2 heterocycles. The largest absolute Gasteiger partial charge is 0.363 e. The number of hydrogen-bond acceptors (Lipinski definition) is 4. The Morgan fingerprint density at radius 1 is 1.29 bits per heavy atom. The normalized spacial score (nSPS) is 12.2. The SMILES string of the molecule is Cc1ccc(CNS(=O)(=O)c2c[nH]c(CNC(C)C)c2)s1. The number of aryl methyl sites for hydroxylation is 1. The maximum Gasteiger partial charge on any atom is 0.242 e. The minimum Gasteiger partial charge on any atom is -0.363 e. The fourth-order valence-corrected chi connectivity index (χ4v) is 3.76. The third-order valence-corrected chi connectivity index (χ3v) is 5.34. The van der Waals surface area contributed by atoms with Gasteiger partial charge in [-0.3, -0.25) is 0 Å². The summed E-state index contributed by atoms with van der Waals surface area (Å²) in [6, 6.07) is 5.95. The minimum absolute atomic E-state index is 0.274. The van der Waals surface area contributed by atoms with E-state index >= 15 is 0 Å². The van der Waals surface area contributed by atoms with Crippen molar-refractivity contribution in [2.24, 2.45) is 0 Å². The second-order valence-electron chi connectivity index (χ2n) is 5.23. The topological polar surface area (TPSA) is 74.0 Å². The van der Waals surface area contributed by atoms with Crippen LogP contribution in [0.4, 0.5) is 0 Å². The Balaban J connectivity index is 1.99. The standard InChI is InChI=1S/C14H21N3O2S2/c1-10(2)15-7-12-6-14(9-16-12)21(18,19)17-8-13-5-4-11(3)20-13/h4-6,9-10,15-17H,7-8H2,1-3H3. The summed E-state index contributed by atoms with van der Waals surface area (Å²) in [5.74, 6) is 0. The van der Waals surface area contributed by atoms with E-state index in [1.807, 2.05) is 32.9 Å². The molecule has 0 saturated carbocycles. The number of thiophene rings is 1. The van der Waals surface area contributed by atoms with Gasteiger partial charge in [0, 0.05) is 40.8 Å². The Bertz CT molecular complexity index is 687. The number of sulfonamides is 1. The Morgan fingerprint density at radius 3 is 2.67 bits per heavy atom. The van der Waals surface area contributed by atoms with Crippen molar-refractivity contribution < 1.29 is 8.42 Å². The van der Waals surface area contributed by atoms with E-state index in [4.69, 9.17) is 0 Å². The molecule has 7 heteroatoms. The second kappa shape index (κ2) is 6.74. The zero-order valence-corrected chi connectivity index (χ0v) is 14.1. The van der Waals surface area contributed by atoms with Crippen molar-refractivity contribution in [3.63, 3.8) is 0 Å². The van der Waals surface area contributed by atoms with Crippen molar-refractivity contribution in [2.75, 3.05) is 0 Å². The first-order valence-electron chi connectivity index (χ1n) is 6.82. The van der Waals surface area contributed by atoms with E-state index in [9.17, 15) is 8.42 Å². The zero-order chi connectivity index (χ0) is 15.5. The molecular formula is C14H21N3O2S2. The van der Waals surface area contributed by atoms with Gasteiger partial charge in [-0.05, 0) is 25.1 Å². The fraction of sp³-hybridized carbons (Fsp3) is 0.429. The predicted molar refractivity (Wildman–Crippen MR) is 85.8 cm³/mol. The third-order valence-electron chi connectivity index (χ3n) is 2.96. The number of aromatic amines is 1. The lowest BCUT2D eigenvalue weighted by atomic mass is 10.3. The summed E-state index contributed by atoms with van der Waals surface area (Å²) >= 11 is 1.60. The highest BCUT2D eigenvalue weighted by Gasteiger charge is 2.16. The first-order chi connectivity index (χ1) is 9.87. The third kappa shape index (κ3) is 4.67. The van der Waals surface area contributed by atoms with Crippen molar-refractivity contribution in [2.45, 2.75) is 44.8 Å². The van der Waals surface area contributed by atoms with Gasteiger partial charge in [0.15, 0.2) is 0 Å². The van der Waals surface area contributed by atoms with E-state index in [2.05, 4.69) is 15.0 Å². The lowest BCUT2D eigenvalue weighted by Crippen LogP contribution is -2.23. The molecule has 0 fully saturated rings. The molecule has 2 rings (SSSR count). The van der Waals surface area contributed by atoms with Crippen LogP contribution in [0.1, 0.15) is 29.3 Å². The van der Waals surface area contributed by atoms with E-state index in [0.717, 1.165) is 10.6 Å². The molecule has 0 unspecified atom stereocenters. The van der Waals surface area contributed by atoms with Crippen molar-refractivity contribution in [1.82, 2.24) is 15.0 Å². The molecule has 0 aliphatic carbocycles. The lowest BCUT2D eigenvalue weighted by molar-refractivity contribution is 0.580. The smallest absolute Gasteiger partial charge is 0.242 e. The van der Waals surface area contributed by atoms with E-state index in [1.165, 1.54) is 11.1 Å². The van der Waals surface area contributed by atoms with Crippen LogP contribution in [-0.4, -0.2) is 19.4 Å². The van der Waals surface area contributed by atoms with Gasteiger partial charge in [-0.15, -0.1) is 11.3 Å². The highest BCUT2D eigenvalue weighted by molar-refractivity contribution is 7.89. The Kier molecular flexibility index (Phi) is 5.21. The van der Waals surface area contributed by atoms with Gasteiger partial charge in [0.25, 0.3) is 0 Å². The molecule has 0 radical (unpaired) electrons. The van der Waals surface area contributed by atoms with Gasteiger partial charge in [0.1, 0.15) is 0 Å². The molecule has 0 atom stereocenters. The first kappa shape index (κ1) is 16.2. The van der Waals surface area contributed by atoms with Crippen LogP contribution >= 0.6 is 11.3 Å². The van der Waals surface area contributed by atoms with Gasteiger partial charge < -0.3 is 10.3 Å². The molecule has 116 valence electrons. The van der Waals surface area contributed by atoms with Crippen LogP contribution in [-0.2, 0) is 23.1 Å². The quantitative estimate of drug-likeness (QED) is 0.731. The van der Waals surface area contributed by atoms with Gasteiger partial charge >= 0.3 is 0 Å². The number of H-pyrrole nitrogens is 1. The van der Waals surface area contributed by atoms with Gasteiger partial charge in [-0.1, -0.05) is 13.8 Å². The predicted octanol–water partition coefficient (Wildman–Crippen LogP) is 2.36. The average molecular weight is 327 g/mol. The summed E-state index contributed by atoms with van der Waals surface area (Å²) < 4.78 is 27.1.